The first-order valence-corrected chi connectivity index (χ1v) is 32.8. The standard InChI is InChI=1S/C90H66O12/c1-97-85(91)73-43-19-61(20-44-73)55-7-31-67(32-8-55)79-80(68-33-9-56(10-34-68)62-21-45-74(46-22-62)86(92)98-2)82(70-37-13-58(14-38-70)64-25-49-76(50-26-64)88(94)100-4)84(72-41-17-60(18-42-72)66-29-53-78(54-30-66)90(96)102-6)83(71-39-15-59(16-40-71)65-27-51-77(52-28-65)89(95)101-5)81(79)69-35-11-57(12-36-69)63-23-47-75(48-24-63)87(93)99-3/h7-54H,1-6H3. The van der Waals surface area contributed by atoms with Crippen molar-refractivity contribution in [1.82, 2.24) is 0 Å². The van der Waals surface area contributed by atoms with E-state index in [2.05, 4.69) is 146 Å². The molecule has 0 saturated heterocycles. The minimum Gasteiger partial charge on any atom is -0.465 e. The molecular weight excluding hydrogens is 1270 g/mol. The summed E-state index contributed by atoms with van der Waals surface area (Å²) in [6, 6.07) is 95.0. The number of hydrogen-bond acceptors (Lipinski definition) is 12. The van der Waals surface area contributed by atoms with Gasteiger partial charge in [0.05, 0.1) is 76.0 Å². The normalized spacial score (nSPS) is 10.9. The zero-order valence-corrected chi connectivity index (χ0v) is 56.6. The van der Waals surface area contributed by atoms with Gasteiger partial charge in [-0.3, -0.25) is 0 Å². The van der Waals surface area contributed by atoms with Crippen LogP contribution in [-0.2, 0) is 28.4 Å². The molecule has 0 aliphatic heterocycles. The van der Waals surface area contributed by atoms with E-state index in [-0.39, 0.29) is 0 Å². The van der Waals surface area contributed by atoms with Gasteiger partial charge in [0.15, 0.2) is 0 Å². The lowest BCUT2D eigenvalue weighted by atomic mass is 9.73. The molecule has 12 heteroatoms. The number of hydrogen-bond donors (Lipinski definition) is 0. The second kappa shape index (κ2) is 29.8. The Morgan fingerprint density at radius 1 is 0.137 bits per heavy atom. The Hall–Kier alpha value is -13.3. The molecular formula is C90H66O12. The zero-order chi connectivity index (χ0) is 71.0. The maximum absolute atomic E-state index is 12.7. The molecule has 498 valence electrons. The van der Waals surface area contributed by atoms with Gasteiger partial charge in [-0.2, -0.15) is 0 Å². The first kappa shape index (κ1) is 67.3. The molecule has 102 heavy (non-hydrogen) atoms. The Bertz CT molecular complexity index is 4370. The maximum Gasteiger partial charge on any atom is 0.337 e. The second-order valence-electron chi connectivity index (χ2n) is 24.1. The van der Waals surface area contributed by atoms with Crippen molar-refractivity contribution in [2.24, 2.45) is 0 Å². The number of esters is 6. The fourth-order valence-electron chi connectivity index (χ4n) is 13.0. The average molecular weight is 1340 g/mol. The summed E-state index contributed by atoms with van der Waals surface area (Å²) in [7, 11) is 8.18. The summed E-state index contributed by atoms with van der Waals surface area (Å²) in [5, 5.41) is 0. The van der Waals surface area contributed by atoms with Crippen LogP contribution in [0.25, 0.3) is 134 Å². The molecule has 0 aliphatic carbocycles. The van der Waals surface area contributed by atoms with Gasteiger partial charge in [-0.25, -0.2) is 28.8 Å². The SMILES string of the molecule is COC(=O)c1ccc(-c2ccc(-c3c(-c4ccc(-c5ccc(C(=O)OC)cc5)cc4)c(-c4ccc(-c5ccc(C(=O)OC)cc5)cc4)c(-c4ccc(-c5ccc(C(=O)OC)cc5)cc4)c(-c4ccc(-c5ccc(C(=O)OC)cc5)cc4)c3-c3ccc(-c4ccc(C(=O)OC)cc4)cc3)cc2)cc1. The highest BCUT2D eigenvalue weighted by atomic mass is 16.5. The van der Waals surface area contributed by atoms with E-state index in [1.807, 2.05) is 72.8 Å². The van der Waals surface area contributed by atoms with Gasteiger partial charge >= 0.3 is 35.8 Å². The van der Waals surface area contributed by atoms with Crippen LogP contribution in [0.15, 0.2) is 291 Å². The third-order valence-electron chi connectivity index (χ3n) is 18.4. The van der Waals surface area contributed by atoms with Gasteiger partial charge in [0.25, 0.3) is 0 Å². The van der Waals surface area contributed by atoms with Gasteiger partial charge in [-0.15, -0.1) is 0 Å². The van der Waals surface area contributed by atoms with Crippen molar-refractivity contribution in [3.8, 4) is 134 Å². The number of methoxy groups -OCH3 is 6. The van der Waals surface area contributed by atoms with Crippen LogP contribution >= 0.6 is 0 Å². The topological polar surface area (TPSA) is 158 Å². The predicted octanol–water partition coefficient (Wildman–Crippen LogP) is 20.4. The summed E-state index contributed by atoms with van der Waals surface area (Å²) in [5.41, 5.74) is 24.0. The Balaban J connectivity index is 1.15. The highest BCUT2D eigenvalue weighted by molar-refractivity contribution is 6.16. The molecule has 0 amide bonds. The van der Waals surface area contributed by atoms with Crippen molar-refractivity contribution in [3.63, 3.8) is 0 Å². The van der Waals surface area contributed by atoms with Crippen molar-refractivity contribution in [2.45, 2.75) is 0 Å². The van der Waals surface area contributed by atoms with E-state index < -0.39 is 35.8 Å². The van der Waals surface area contributed by atoms with Crippen molar-refractivity contribution >= 4 is 35.8 Å². The van der Waals surface area contributed by atoms with E-state index in [0.29, 0.717) is 33.4 Å². The number of carbonyl (C=O) groups is 6. The van der Waals surface area contributed by atoms with Gasteiger partial charge in [-0.05, 0) is 206 Å². The second-order valence-corrected chi connectivity index (χ2v) is 24.1. The van der Waals surface area contributed by atoms with Gasteiger partial charge in [-0.1, -0.05) is 218 Å². The third kappa shape index (κ3) is 13.8. The summed E-state index contributed by atoms with van der Waals surface area (Å²) in [4.78, 5) is 76.0. The number of rotatable bonds is 18. The van der Waals surface area contributed by atoms with E-state index >= 15 is 0 Å². The maximum atomic E-state index is 12.7. The highest BCUT2D eigenvalue weighted by Crippen LogP contribution is 2.57. The number of carbonyl (C=O) groups excluding carboxylic acids is 6. The molecule has 0 radical (unpaired) electrons. The van der Waals surface area contributed by atoms with E-state index in [4.69, 9.17) is 28.4 Å². The summed E-state index contributed by atoms with van der Waals surface area (Å²) >= 11 is 0. The van der Waals surface area contributed by atoms with Crippen molar-refractivity contribution in [1.29, 1.82) is 0 Å². The first-order chi connectivity index (χ1) is 49.8. The van der Waals surface area contributed by atoms with Crippen LogP contribution in [0.2, 0.25) is 0 Å². The third-order valence-corrected chi connectivity index (χ3v) is 18.4. The minimum atomic E-state index is -0.434. The lowest BCUT2D eigenvalue weighted by Gasteiger charge is -2.29. The number of ether oxygens (including phenoxy) is 6. The van der Waals surface area contributed by atoms with Crippen LogP contribution in [0.3, 0.4) is 0 Å². The smallest absolute Gasteiger partial charge is 0.337 e. The van der Waals surface area contributed by atoms with Crippen LogP contribution in [-0.4, -0.2) is 78.5 Å². The molecule has 0 N–H and O–H groups in total. The van der Waals surface area contributed by atoms with E-state index in [1.54, 1.807) is 72.8 Å². The van der Waals surface area contributed by atoms with E-state index in [1.165, 1.54) is 42.7 Å². The molecule has 0 atom stereocenters. The molecule has 13 aromatic carbocycles. The summed E-state index contributed by atoms with van der Waals surface area (Å²) in [6.07, 6.45) is 0. The molecule has 13 aromatic rings. The summed E-state index contributed by atoms with van der Waals surface area (Å²) in [6.45, 7) is 0. The van der Waals surface area contributed by atoms with E-state index in [9.17, 15) is 28.8 Å². The summed E-state index contributed by atoms with van der Waals surface area (Å²) in [5.74, 6) is -2.60. The molecule has 0 spiro atoms. The lowest BCUT2D eigenvalue weighted by molar-refractivity contribution is 0.0592. The molecule has 0 saturated carbocycles. The fourth-order valence-corrected chi connectivity index (χ4v) is 13.0. The van der Waals surface area contributed by atoms with E-state index in [0.717, 1.165) is 134 Å². The molecule has 0 heterocycles. The van der Waals surface area contributed by atoms with Gasteiger partial charge in [0.1, 0.15) is 0 Å². The van der Waals surface area contributed by atoms with Gasteiger partial charge in [0.2, 0.25) is 0 Å². The monoisotopic (exact) mass is 1340 g/mol. The molecule has 13 rings (SSSR count). The Labute approximate surface area is 590 Å². The van der Waals surface area contributed by atoms with Gasteiger partial charge in [0, 0.05) is 0 Å². The molecule has 0 unspecified atom stereocenters. The Morgan fingerprint density at radius 2 is 0.216 bits per heavy atom. The van der Waals surface area contributed by atoms with Crippen molar-refractivity contribution < 1.29 is 57.2 Å². The largest absolute Gasteiger partial charge is 0.465 e. The summed E-state index contributed by atoms with van der Waals surface area (Å²) < 4.78 is 30.4. The van der Waals surface area contributed by atoms with Crippen LogP contribution in [0.1, 0.15) is 62.1 Å². The molecule has 0 bridgehead atoms. The van der Waals surface area contributed by atoms with Crippen LogP contribution in [0.5, 0.6) is 0 Å². The Morgan fingerprint density at radius 3 is 0.304 bits per heavy atom. The molecule has 0 aliphatic rings. The molecule has 0 fully saturated rings. The molecule has 12 nitrogen and oxygen atoms in total. The van der Waals surface area contributed by atoms with Gasteiger partial charge < -0.3 is 28.4 Å². The van der Waals surface area contributed by atoms with Crippen LogP contribution in [0, 0.1) is 0 Å². The zero-order valence-electron chi connectivity index (χ0n) is 56.6. The number of benzene rings is 13. The predicted molar refractivity (Wildman–Crippen MR) is 400 cm³/mol. The minimum absolute atomic E-state index is 0.429. The molecule has 0 aromatic heterocycles. The lowest BCUT2D eigenvalue weighted by Crippen LogP contribution is -2.03. The van der Waals surface area contributed by atoms with Crippen molar-refractivity contribution in [3.05, 3.63) is 325 Å². The van der Waals surface area contributed by atoms with Crippen LogP contribution in [0.4, 0.5) is 0 Å². The van der Waals surface area contributed by atoms with Crippen LogP contribution < -0.4 is 0 Å². The Kier molecular flexibility index (Phi) is 19.7. The first-order valence-electron chi connectivity index (χ1n) is 32.8. The quantitative estimate of drug-likeness (QED) is 0.0592. The average Bonchev–Trinajstić information content (AvgIpc) is 0.713. The highest BCUT2D eigenvalue weighted by Gasteiger charge is 2.30. The van der Waals surface area contributed by atoms with Crippen molar-refractivity contribution in [2.75, 3.05) is 42.7 Å². The fraction of sp³-hybridized carbons (Fsp3) is 0.0667.